The molecule has 4 aromatic rings. The van der Waals surface area contributed by atoms with E-state index in [-0.39, 0.29) is 6.03 Å². The highest BCUT2D eigenvalue weighted by Gasteiger charge is 2.24. The summed E-state index contributed by atoms with van der Waals surface area (Å²) in [5, 5.41) is 2.96. The molecule has 1 N–H and O–H groups in total. The van der Waals surface area contributed by atoms with Gasteiger partial charge in [-0.1, -0.05) is 17.7 Å². The van der Waals surface area contributed by atoms with Crippen LogP contribution in [0.1, 0.15) is 11.4 Å². The smallest absolute Gasteiger partial charge is 0.321 e. The van der Waals surface area contributed by atoms with Gasteiger partial charge in [0.2, 0.25) is 0 Å². The maximum atomic E-state index is 12.9. The SMILES string of the molecule is COc1ccc(NC(=O)N2CCN(Cc3nc4cccnc4n3-c3ccc(C)cc3)CC2)cc1OC. The molecule has 1 aliphatic rings. The molecule has 9 nitrogen and oxygen atoms in total. The lowest BCUT2D eigenvalue weighted by Gasteiger charge is -2.34. The topological polar surface area (TPSA) is 84.8 Å². The van der Waals surface area contributed by atoms with Crippen molar-refractivity contribution in [1.29, 1.82) is 0 Å². The first-order valence-corrected chi connectivity index (χ1v) is 12.0. The van der Waals surface area contributed by atoms with Crippen molar-refractivity contribution in [3.63, 3.8) is 0 Å². The number of pyridine rings is 1. The molecule has 0 spiro atoms. The van der Waals surface area contributed by atoms with Gasteiger partial charge in [0, 0.05) is 49.8 Å². The standard InChI is InChI=1S/C27H30N6O3/c1-19-6-9-21(10-7-19)33-25(30-22-5-4-12-28-26(22)33)18-31-13-15-32(16-14-31)27(34)29-20-8-11-23(35-2)24(17-20)36-3/h4-12,17H,13-16,18H2,1-3H3,(H,29,34). The molecule has 0 radical (unpaired) electrons. The Bertz CT molecular complexity index is 1360. The Kier molecular flexibility index (Phi) is 6.73. The van der Waals surface area contributed by atoms with Crippen LogP contribution in [-0.4, -0.2) is 70.8 Å². The number of nitrogens with one attached hydrogen (secondary N) is 1. The van der Waals surface area contributed by atoms with E-state index in [0.29, 0.717) is 36.8 Å². The number of fused-ring (bicyclic) bond motifs is 1. The maximum absolute atomic E-state index is 12.9. The number of carbonyl (C=O) groups is 1. The second-order valence-corrected chi connectivity index (χ2v) is 8.81. The van der Waals surface area contributed by atoms with E-state index in [0.717, 1.165) is 35.8 Å². The van der Waals surface area contributed by atoms with Crippen LogP contribution in [0.3, 0.4) is 0 Å². The van der Waals surface area contributed by atoms with Gasteiger partial charge in [-0.25, -0.2) is 14.8 Å². The van der Waals surface area contributed by atoms with Crippen molar-refractivity contribution in [3.8, 4) is 17.2 Å². The van der Waals surface area contributed by atoms with E-state index >= 15 is 0 Å². The molecule has 2 aromatic heterocycles. The summed E-state index contributed by atoms with van der Waals surface area (Å²) in [5.41, 5.74) is 4.65. The minimum Gasteiger partial charge on any atom is -0.493 e. The van der Waals surface area contributed by atoms with Crippen molar-refractivity contribution in [1.82, 2.24) is 24.3 Å². The first-order chi connectivity index (χ1) is 17.6. The van der Waals surface area contributed by atoms with Gasteiger partial charge in [0.15, 0.2) is 17.1 Å². The Morgan fingerprint density at radius 3 is 2.44 bits per heavy atom. The molecule has 0 saturated carbocycles. The number of aromatic nitrogens is 3. The number of amides is 2. The zero-order valence-corrected chi connectivity index (χ0v) is 20.8. The summed E-state index contributed by atoms with van der Waals surface area (Å²) < 4.78 is 12.7. The third kappa shape index (κ3) is 4.83. The number of benzene rings is 2. The van der Waals surface area contributed by atoms with Crippen molar-refractivity contribution >= 4 is 22.9 Å². The molecule has 1 aliphatic heterocycles. The van der Waals surface area contributed by atoms with Crippen LogP contribution in [0.2, 0.25) is 0 Å². The van der Waals surface area contributed by atoms with Crippen LogP contribution in [0.25, 0.3) is 16.9 Å². The van der Waals surface area contributed by atoms with Crippen LogP contribution in [0.5, 0.6) is 11.5 Å². The molecule has 36 heavy (non-hydrogen) atoms. The van der Waals surface area contributed by atoms with E-state index in [2.05, 4.69) is 51.0 Å². The summed E-state index contributed by atoms with van der Waals surface area (Å²) in [6.07, 6.45) is 1.80. The molecule has 0 atom stereocenters. The van der Waals surface area contributed by atoms with Gasteiger partial charge in [0.1, 0.15) is 11.3 Å². The number of hydrogen-bond donors (Lipinski definition) is 1. The van der Waals surface area contributed by atoms with Crippen molar-refractivity contribution in [2.75, 3.05) is 45.7 Å². The lowest BCUT2D eigenvalue weighted by molar-refractivity contribution is 0.140. The van der Waals surface area contributed by atoms with Crippen LogP contribution in [-0.2, 0) is 6.54 Å². The van der Waals surface area contributed by atoms with Gasteiger partial charge in [-0.3, -0.25) is 9.47 Å². The Morgan fingerprint density at radius 2 is 1.72 bits per heavy atom. The number of urea groups is 1. The van der Waals surface area contributed by atoms with Gasteiger partial charge < -0.3 is 19.7 Å². The lowest BCUT2D eigenvalue weighted by Crippen LogP contribution is -2.49. The monoisotopic (exact) mass is 486 g/mol. The molecular formula is C27H30N6O3. The summed E-state index contributed by atoms with van der Waals surface area (Å²) in [4.78, 5) is 26.5. The van der Waals surface area contributed by atoms with E-state index in [1.807, 2.05) is 17.0 Å². The largest absolute Gasteiger partial charge is 0.493 e. The molecule has 1 fully saturated rings. The summed E-state index contributed by atoms with van der Waals surface area (Å²) in [7, 11) is 3.16. The number of rotatable bonds is 6. The van der Waals surface area contributed by atoms with Crippen LogP contribution in [0.4, 0.5) is 10.5 Å². The predicted octanol–water partition coefficient (Wildman–Crippen LogP) is 4.10. The van der Waals surface area contributed by atoms with Crippen molar-refractivity contribution in [3.05, 3.63) is 72.2 Å². The van der Waals surface area contributed by atoms with Crippen molar-refractivity contribution in [2.45, 2.75) is 13.5 Å². The molecule has 3 heterocycles. The fourth-order valence-electron chi connectivity index (χ4n) is 4.46. The lowest BCUT2D eigenvalue weighted by atomic mass is 10.2. The van der Waals surface area contributed by atoms with E-state index < -0.39 is 0 Å². The van der Waals surface area contributed by atoms with Gasteiger partial charge in [-0.2, -0.15) is 0 Å². The molecule has 2 amide bonds. The Hall–Kier alpha value is -4.11. The van der Waals surface area contributed by atoms with Gasteiger partial charge in [-0.15, -0.1) is 0 Å². The van der Waals surface area contributed by atoms with Crippen LogP contribution >= 0.6 is 0 Å². The molecule has 2 aromatic carbocycles. The molecule has 1 saturated heterocycles. The van der Waals surface area contributed by atoms with Crippen molar-refractivity contribution in [2.24, 2.45) is 0 Å². The molecule has 0 unspecified atom stereocenters. The number of ether oxygens (including phenoxy) is 2. The number of methoxy groups -OCH3 is 2. The second-order valence-electron chi connectivity index (χ2n) is 8.81. The average molecular weight is 487 g/mol. The summed E-state index contributed by atoms with van der Waals surface area (Å²) in [6, 6.07) is 17.5. The van der Waals surface area contributed by atoms with E-state index in [9.17, 15) is 4.79 Å². The molecule has 9 heteroatoms. The number of aryl methyl sites for hydroxylation is 1. The predicted molar refractivity (Wildman–Crippen MR) is 139 cm³/mol. The number of hydrogen-bond acceptors (Lipinski definition) is 6. The quantitative estimate of drug-likeness (QED) is 0.442. The third-order valence-electron chi connectivity index (χ3n) is 6.44. The summed E-state index contributed by atoms with van der Waals surface area (Å²) >= 11 is 0. The minimum atomic E-state index is -0.127. The van der Waals surface area contributed by atoms with Crippen molar-refractivity contribution < 1.29 is 14.3 Å². The highest BCUT2D eigenvalue weighted by molar-refractivity contribution is 5.89. The number of anilines is 1. The Morgan fingerprint density at radius 1 is 0.972 bits per heavy atom. The molecule has 5 rings (SSSR count). The zero-order valence-electron chi connectivity index (χ0n) is 20.8. The molecule has 0 bridgehead atoms. The fourth-order valence-corrected chi connectivity index (χ4v) is 4.46. The first-order valence-electron chi connectivity index (χ1n) is 12.0. The number of imidazole rings is 1. The summed E-state index contributed by atoms with van der Waals surface area (Å²) in [6.45, 7) is 5.52. The zero-order chi connectivity index (χ0) is 25.1. The van der Waals surface area contributed by atoms with Gasteiger partial charge in [-0.05, 0) is 43.3 Å². The van der Waals surface area contributed by atoms with Crippen LogP contribution < -0.4 is 14.8 Å². The molecule has 0 aliphatic carbocycles. The summed E-state index contributed by atoms with van der Waals surface area (Å²) in [5.74, 6) is 2.14. The van der Waals surface area contributed by atoms with Crippen LogP contribution in [0, 0.1) is 6.92 Å². The van der Waals surface area contributed by atoms with Crippen LogP contribution in [0.15, 0.2) is 60.8 Å². The Labute approximate surface area is 210 Å². The molecule has 186 valence electrons. The normalized spacial score (nSPS) is 14.1. The highest BCUT2D eigenvalue weighted by atomic mass is 16.5. The Balaban J connectivity index is 1.26. The highest BCUT2D eigenvalue weighted by Crippen LogP contribution is 2.30. The van der Waals surface area contributed by atoms with Gasteiger partial charge >= 0.3 is 6.03 Å². The van der Waals surface area contributed by atoms with E-state index in [1.165, 1.54) is 5.56 Å². The molecular weight excluding hydrogens is 456 g/mol. The van der Waals surface area contributed by atoms with E-state index in [1.54, 1.807) is 38.6 Å². The van der Waals surface area contributed by atoms with Gasteiger partial charge in [0.05, 0.1) is 20.8 Å². The number of piperazine rings is 1. The minimum absolute atomic E-state index is 0.127. The third-order valence-corrected chi connectivity index (χ3v) is 6.44. The maximum Gasteiger partial charge on any atom is 0.321 e. The van der Waals surface area contributed by atoms with E-state index in [4.69, 9.17) is 14.5 Å². The second kappa shape index (κ2) is 10.2. The number of carbonyl (C=O) groups excluding carboxylic acids is 1. The average Bonchev–Trinajstić information content (AvgIpc) is 3.27. The number of nitrogens with zero attached hydrogens (tertiary/aromatic N) is 5. The fraction of sp³-hybridized carbons (Fsp3) is 0.296. The van der Waals surface area contributed by atoms with Gasteiger partial charge in [0.25, 0.3) is 0 Å². The first kappa shape index (κ1) is 23.6.